The van der Waals surface area contributed by atoms with Crippen molar-refractivity contribution in [2.75, 3.05) is 18.1 Å². The molecule has 0 bridgehead atoms. The number of carbonyl (C=O) groups excluding carboxylic acids is 1. The summed E-state index contributed by atoms with van der Waals surface area (Å²) in [5, 5.41) is 6.53. The van der Waals surface area contributed by atoms with Gasteiger partial charge in [-0.3, -0.25) is 4.79 Å². The molecule has 2 aliphatic rings. The first-order valence-electron chi connectivity index (χ1n) is 8.03. The molecule has 2 N–H and O–H groups in total. The van der Waals surface area contributed by atoms with E-state index in [0.29, 0.717) is 12.3 Å². The van der Waals surface area contributed by atoms with Crippen molar-refractivity contribution in [2.45, 2.75) is 38.3 Å². The van der Waals surface area contributed by atoms with Gasteiger partial charge in [0.25, 0.3) is 0 Å². The van der Waals surface area contributed by atoms with Gasteiger partial charge in [0.05, 0.1) is 6.04 Å². The summed E-state index contributed by atoms with van der Waals surface area (Å²) in [6.45, 7) is 3.10. The molecule has 3 nitrogen and oxygen atoms in total. The number of hydrogen-bond donors (Lipinski definition) is 2. The average molecular weight is 322 g/mol. The van der Waals surface area contributed by atoms with E-state index < -0.39 is 0 Å². The van der Waals surface area contributed by atoms with Crippen LogP contribution in [0.15, 0.2) is 18.2 Å². The molecule has 3 unspecified atom stereocenters. The second-order valence-corrected chi connectivity index (χ2v) is 7.45. The van der Waals surface area contributed by atoms with Crippen molar-refractivity contribution < 1.29 is 9.18 Å². The van der Waals surface area contributed by atoms with Crippen LogP contribution in [0.3, 0.4) is 0 Å². The fourth-order valence-electron chi connectivity index (χ4n) is 3.40. The Bertz CT molecular complexity index is 545. The van der Waals surface area contributed by atoms with Crippen LogP contribution in [0.5, 0.6) is 0 Å². The molecule has 1 aliphatic carbocycles. The number of thioether (sulfide) groups is 1. The van der Waals surface area contributed by atoms with Crippen LogP contribution in [0.2, 0.25) is 0 Å². The van der Waals surface area contributed by atoms with Gasteiger partial charge in [-0.05, 0) is 36.0 Å². The van der Waals surface area contributed by atoms with Gasteiger partial charge in [-0.25, -0.2) is 4.39 Å². The van der Waals surface area contributed by atoms with E-state index in [-0.39, 0.29) is 23.8 Å². The lowest BCUT2D eigenvalue weighted by atomic mass is 9.80. The van der Waals surface area contributed by atoms with Crippen molar-refractivity contribution in [3.63, 3.8) is 0 Å². The molecule has 0 saturated carbocycles. The van der Waals surface area contributed by atoms with Crippen molar-refractivity contribution in [2.24, 2.45) is 5.92 Å². The van der Waals surface area contributed by atoms with Crippen LogP contribution < -0.4 is 10.6 Å². The summed E-state index contributed by atoms with van der Waals surface area (Å²) < 4.78 is 14.0. The van der Waals surface area contributed by atoms with Crippen LogP contribution in [0.25, 0.3) is 0 Å². The van der Waals surface area contributed by atoms with Gasteiger partial charge >= 0.3 is 0 Å². The van der Waals surface area contributed by atoms with Gasteiger partial charge < -0.3 is 10.6 Å². The highest BCUT2D eigenvalue weighted by atomic mass is 32.2. The van der Waals surface area contributed by atoms with E-state index >= 15 is 0 Å². The second-order valence-electron chi connectivity index (χ2n) is 6.30. The molecule has 1 amide bonds. The summed E-state index contributed by atoms with van der Waals surface area (Å²) in [4.78, 5) is 12.4. The Morgan fingerprint density at radius 2 is 2.36 bits per heavy atom. The Kier molecular flexibility index (Phi) is 5.03. The summed E-state index contributed by atoms with van der Waals surface area (Å²) >= 11 is 1.89. The fraction of sp³-hybridized carbons (Fsp3) is 0.588. The maximum absolute atomic E-state index is 14.0. The number of nitrogens with one attached hydrogen (secondary N) is 2. The van der Waals surface area contributed by atoms with E-state index in [1.54, 1.807) is 6.07 Å². The number of amides is 1. The SMILES string of the molecule is CC1CCc2c(F)cccc2C1NC(=O)CC1CSCCN1. The molecule has 0 spiro atoms. The molecule has 3 rings (SSSR count). The topological polar surface area (TPSA) is 41.1 Å². The van der Waals surface area contributed by atoms with E-state index in [1.807, 2.05) is 17.8 Å². The van der Waals surface area contributed by atoms with E-state index in [9.17, 15) is 9.18 Å². The lowest BCUT2D eigenvalue weighted by Gasteiger charge is -2.33. The number of benzene rings is 1. The maximum atomic E-state index is 14.0. The molecule has 1 saturated heterocycles. The van der Waals surface area contributed by atoms with Crippen LogP contribution in [0.1, 0.15) is 36.9 Å². The van der Waals surface area contributed by atoms with Crippen molar-refractivity contribution in [1.29, 1.82) is 0 Å². The third-order valence-electron chi connectivity index (χ3n) is 4.66. The predicted molar refractivity (Wildman–Crippen MR) is 88.5 cm³/mol. The first kappa shape index (κ1) is 15.8. The number of halogens is 1. The first-order chi connectivity index (χ1) is 10.6. The van der Waals surface area contributed by atoms with Crippen LogP contribution in [0.4, 0.5) is 4.39 Å². The number of hydrogen-bond acceptors (Lipinski definition) is 3. The highest BCUT2D eigenvalue weighted by molar-refractivity contribution is 7.99. The van der Waals surface area contributed by atoms with Gasteiger partial charge in [0.15, 0.2) is 0 Å². The standard InChI is InChI=1S/C17H23FN2OS/c1-11-5-6-13-14(3-2-4-15(13)18)17(11)20-16(21)9-12-10-22-8-7-19-12/h2-4,11-12,17,19H,5-10H2,1H3,(H,20,21). The minimum absolute atomic E-state index is 0.0639. The summed E-state index contributed by atoms with van der Waals surface area (Å²) in [7, 11) is 0. The lowest BCUT2D eigenvalue weighted by molar-refractivity contribution is -0.122. The summed E-state index contributed by atoms with van der Waals surface area (Å²) in [5.74, 6) is 2.36. The fourth-order valence-corrected chi connectivity index (χ4v) is 4.35. The molecular formula is C17H23FN2OS. The van der Waals surface area contributed by atoms with E-state index in [0.717, 1.165) is 42.0 Å². The Morgan fingerprint density at radius 1 is 1.50 bits per heavy atom. The van der Waals surface area contributed by atoms with E-state index in [4.69, 9.17) is 0 Å². The largest absolute Gasteiger partial charge is 0.349 e. The number of carbonyl (C=O) groups is 1. The zero-order valence-electron chi connectivity index (χ0n) is 12.9. The van der Waals surface area contributed by atoms with Crippen molar-refractivity contribution in [3.8, 4) is 0 Å². The predicted octanol–water partition coefficient (Wildman–Crippen LogP) is 2.66. The zero-order valence-corrected chi connectivity index (χ0v) is 13.7. The minimum Gasteiger partial charge on any atom is -0.349 e. The quantitative estimate of drug-likeness (QED) is 0.899. The van der Waals surface area contributed by atoms with Crippen LogP contribution in [0, 0.1) is 11.7 Å². The van der Waals surface area contributed by atoms with Crippen LogP contribution in [-0.4, -0.2) is 30.0 Å². The van der Waals surface area contributed by atoms with Crippen molar-refractivity contribution in [1.82, 2.24) is 10.6 Å². The lowest BCUT2D eigenvalue weighted by Crippen LogP contribution is -2.43. The summed E-state index contributed by atoms with van der Waals surface area (Å²) in [6.07, 6.45) is 2.17. The molecule has 1 aromatic carbocycles. The minimum atomic E-state index is -0.144. The Hall–Kier alpha value is -1.07. The summed E-state index contributed by atoms with van der Waals surface area (Å²) in [6, 6.07) is 5.39. The Labute approximate surface area is 135 Å². The zero-order chi connectivity index (χ0) is 15.5. The monoisotopic (exact) mass is 322 g/mol. The van der Waals surface area contributed by atoms with Gasteiger partial charge in [0, 0.05) is 30.5 Å². The third-order valence-corrected chi connectivity index (χ3v) is 5.79. The van der Waals surface area contributed by atoms with Gasteiger partial charge in [0.1, 0.15) is 5.82 Å². The molecule has 1 aromatic rings. The molecule has 1 aliphatic heterocycles. The third kappa shape index (κ3) is 3.46. The van der Waals surface area contributed by atoms with E-state index in [2.05, 4.69) is 17.6 Å². The molecular weight excluding hydrogens is 299 g/mol. The molecule has 1 fully saturated rings. The normalized spacial score (nSPS) is 28.0. The molecule has 0 radical (unpaired) electrons. The van der Waals surface area contributed by atoms with Gasteiger partial charge in [-0.15, -0.1) is 0 Å². The van der Waals surface area contributed by atoms with E-state index in [1.165, 1.54) is 6.07 Å². The van der Waals surface area contributed by atoms with Crippen molar-refractivity contribution in [3.05, 3.63) is 35.1 Å². The smallest absolute Gasteiger partial charge is 0.222 e. The molecule has 120 valence electrons. The molecule has 22 heavy (non-hydrogen) atoms. The highest BCUT2D eigenvalue weighted by Crippen LogP contribution is 2.35. The van der Waals surface area contributed by atoms with Crippen LogP contribution in [-0.2, 0) is 11.2 Å². The maximum Gasteiger partial charge on any atom is 0.222 e. The van der Waals surface area contributed by atoms with Gasteiger partial charge in [0.2, 0.25) is 5.91 Å². The second kappa shape index (κ2) is 7.01. The number of fused-ring (bicyclic) bond motifs is 1. The molecule has 1 heterocycles. The average Bonchev–Trinajstić information content (AvgIpc) is 2.51. The molecule has 5 heteroatoms. The highest BCUT2D eigenvalue weighted by Gasteiger charge is 2.30. The Morgan fingerprint density at radius 3 is 3.14 bits per heavy atom. The molecule has 3 atom stereocenters. The summed E-state index contributed by atoms with van der Waals surface area (Å²) in [5.41, 5.74) is 1.73. The Balaban J connectivity index is 1.69. The first-order valence-corrected chi connectivity index (χ1v) is 9.18. The van der Waals surface area contributed by atoms with Crippen LogP contribution >= 0.6 is 11.8 Å². The van der Waals surface area contributed by atoms with Gasteiger partial charge in [-0.2, -0.15) is 11.8 Å². The number of rotatable bonds is 3. The van der Waals surface area contributed by atoms with Gasteiger partial charge in [-0.1, -0.05) is 19.1 Å². The van der Waals surface area contributed by atoms with Crippen molar-refractivity contribution >= 4 is 17.7 Å². The molecule has 0 aromatic heterocycles.